The van der Waals surface area contributed by atoms with Crippen LogP contribution in [0.3, 0.4) is 0 Å². The van der Waals surface area contributed by atoms with E-state index in [0.717, 1.165) is 50.5 Å². The van der Waals surface area contributed by atoms with Gasteiger partial charge < -0.3 is 5.32 Å². The summed E-state index contributed by atoms with van der Waals surface area (Å²) in [6, 6.07) is 7.26. The highest BCUT2D eigenvalue weighted by Crippen LogP contribution is 2.04. The molecule has 1 saturated heterocycles. The van der Waals surface area contributed by atoms with E-state index in [1.165, 1.54) is 0 Å². The largest absolute Gasteiger partial charge is 0.315 e. The summed E-state index contributed by atoms with van der Waals surface area (Å²) in [6.45, 7) is 4.90. The maximum absolute atomic E-state index is 12.0. The van der Waals surface area contributed by atoms with E-state index in [2.05, 4.69) is 15.2 Å². The van der Waals surface area contributed by atoms with Crippen molar-refractivity contribution in [2.75, 3.05) is 26.2 Å². The summed E-state index contributed by atoms with van der Waals surface area (Å²) < 4.78 is 1.58. The Bertz CT molecular complexity index is 620. The van der Waals surface area contributed by atoms with Crippen molar-refractivity contribution in [2.45, 2.75) is 13.0 Å². The zero-order valence-corrected chi connectivity index (χ0v) is 12.1. The average molecular weight is 295 g/mol. The minimum atomic E-state index is -0.00598. The van der Waals surface area contributed by atoms with Gasteiger partial charge in [0.15, 0.2) is 0 Å². The molecule has 5 nitrogen and oxygen atoms in total. The van der Waals surface area contributed by atoms with Crippen LogP contribution in [0.1, 0.15) is 12.1 Å². The number of aromatic nitrogens is 2. The van der Waals surface area contributed by atoms with E-state index in [1.54, 1.807) is 16.7 Å². The van der Waals surface area contributed by atoms with Gasteiger partial charge in [-0.25, -0.2) is 4.98 Å². The first-order valence-corrected chi connectivity index (χ1v) is 6.73. The van der Waals surface area contributed by atoms with Crippen molar-refractivity contribution in [3.63, 3.8) is 0 Å². The van der Waals surface area contributed by atoms with Gasteiger partial charge in [0.2, 0.25) is 0 Å². The van der Waals surface area contributed by atoms with Crippen molar-refractivity contribution in [2.24, 2.45) is 0 Å². The van der Waals surface area contributed by atoms with Gasteiger partial charge in [-0.05, 0) is 31.6 Å². The van der Waals surface area contributed by atoms with Crippen LogP contribution in [-0.2, 0) is 6.54 Å². The van der Waals surface area contributed by atoms with Crippen LogP contribution in [0.25, 0.3) is 5.65 Å². The molecule has 0 amide bonds. The van der Waals surface area contributed by atoms with E-state index in [0.29, 0.717) is 0 Å². The van der Waals surface area contributed by atoms with E-state index >= 15 is 0 Å². The first kappa shape index (κ1) is 15.0. The maximum atomic E-state index is 12.0. The van der Waals surface area contributed by atoms with Gasteiger partial charge in [-0.3, -0.25) is 14.1 Å². The van der Waals surface area contributed by atoms with E-state index < -0.39 is 0 Å². The van der Waals surface area contributed by atoms with Crippen LogP contribution in [0, 0.1) is 0 Å². The van der Waals surface area contributed by atoms with E-state index in [4.69, 9.17) is 0 Å². The minimum absolute atomic E-state index is 0. The molecular weight excluding hydrogens is 276 g/mol. The fourth-order valence-electron chi connectivity index (χ4n) is 2.47. The van der Waals surface area contributed by atoms with Gasteiger partial charge in [0, 0.05) is 31.9 Å². The molecule has 3 heterocycles. The SMILES string of the molecule is Cl.O=c1cc(CN2CCCNCC2)nc2ccccn12. The number of nitrogens with zero attached hydrogens (tertiary/aromatic N) is 3. The number of rotatable bonds is 2. The third kappa shape index (κ3) is 3.36. The lowest BCUT2D eigenvalue weighted by molar-refractivity contribution is 0.281. The summed E-state index contributed by atoms with van der Waals surface area (Å²) in [5.41, 5.74) is 1.57. The average Bonchev–Trinajstić information content (AvgIpc) is 2.67. The lowest BCUT2D eigenvalue weighted by atomic mass is 10.3. The van der Waals surface area contributed by atoms with Crippen molar-refractivity contribution in [3.05, 3.63) is 46.5 Å². The van der Waals surface area contributed by atoms with Gasteiger partial charge >= 0.3 is 0 Å². The van der Waals surface area contributed by atoms with E-state index in [1.807, 2.05) is 18.2 Å². The Kier molecular flexibility index (Phi) is 5.11. The van der Waals surface area contributed by atoms with Gasteiger partial charge in [-0.15, -0.1) is 12.4 Å². The normalized spacial score (nSPS) is 16.6. The van der Waals surface area contributed by atoms with Crippen LogP contribution < -0.4 is 10.9 Å². The smallest absolute Gasteiger partial charge is 0.258 e. The lowest BCUT2D eigenvalue weighted by Gasteiger charge is -2.18. The molecular formula is C14H19ClN4O. The highest BCUT2D eigenvalue weighted by Gasteiger charge is 2.10. The van der Waals surface area contributed by atoms with Gasteiger partial charge in [-0.2, -0.15) is 0 Å². The zero-order valence-electron chi connectivity index (χ0n) is 11.3. The molecule has 1 aliphatic heterocycles. The summed E-state index contributed by atoms with van der Waals surface area (Å²) in [6.07, 6.45) is 2.90. The Morgan fingerprint density at radius 1 is 1.25 bits per heavy atom. The van der Waals surface area contributed by atoms with Gasteiger partial charge in [0.1, 0.15) is 5.65 Å². The lowest BCUT2D eigenvalue weighted by Crippen LogP contribution is -2.29. The molecule has 2 aromatic rings. The Balaban J connectivity index is 0.00000147. The second-order valence-electron chi connectivity index (χ2n) is 4.89. The Morgan fingerprint density at radius 2 is 2.15 bits per heavy atom. The third-order valence-corrected chi connectivity index (χ3v) is 3.44. The monoisotopic (exact) mass is 294 g/mol. The number of hydrogen-bond donors (Lipinski definition) is 1. The molecule has 108 valence electrons. The van der Waals surface area contributed by atoms with Crippen molar-refractivity contribution < 1.29 is 0 Å². The predicted octanol–water partition coefficient (Wildman–Crippen LogP) is 0.912. The molecule has 0 spiro atoms. The zero-order chi connectivity index (χ0) is 13.1. The number of hydrogen-bond acceptors (Lipinski definition) is 4. The molecule has 0 atom stereocenters. The molecule has 1 aliphatic rings. The van der Waals surface area contributed by atoms with Crippen LogP contribution in [0.4, 0.5) is 0 Å². The summed E-state index contributed by atoms with van der Waals surface area (Å²) in [7, 11) is 0. The summed E-state index contributed by atoms with van der Waals surface area (Å²) in [5.74, 6) is 0. The Hall–Kier alpha value is -1.43. The van der Waals surface area contributed by atoms with Crippen molar-refractivity contribution in [3.8, 4) is 0 Å². The molecule has 0 aromatic carbocycles. The van der Waals surface area contributed by atoms with Crippen LogP contribution >= 0.6 is 12.4 Å². The molecule has 0 unspecified atom stereocenters. The van der Waals surface area contributed by atoms with Crippen LogP contribution in [0.2, 0.25) is 0 Å². The fraction of sp³-hybridized carbons (Fsp3) is 0.429. The van der Waals surface area contributed by atoms with Gasteiger partial charge in [0.25, 0.3) is 5.56 Å². The molecule has 6 heteroatoms. The van der Waals surface area contributed by atoms with E-state index in [9.17, 15) is 4.79 Å². The van der Waals surface area contributed by atoms with Crippen molar-refractivity contribution >= 4 is 18.1 Å². The number of nitrogens with one attached hydrogen (secondary N) is 1. The molecule has 1 N–H and O–H groups in total. The molecule has 3 rings (SSSR count). The van der Waals surface area contributed by atoms with Crippen LogP contribution in [-0.4, -0.2) is 40.5 Å². The summed E-state index contributed by atoms with van der Waals surface area (Å²) in [5, 5.41) is 3.38. The second-order valence-corrected chi connectivity index (χ2v) is 4.89. The molecule has 2 aromatic heterocycles. The fourth-order valence-corrected chi connectivity index (χ4v) is 2.47. The second kappa shape index (κ2) is 6.83. The number of halogens is 1. The highest BCUT2D eigenvalue weighted by atomic mass is 35.5. The molecule has 1 fully saturated rings. The number of fused-ring (bicyclic) bond motifs is 1. The predicted molar refractivity (Wildman–Crippen MR) is 81.5 cm³/mol. The molecule has 0 aliphatic carbocycles. The third-order valence-electron chi connectivity index (χ3n) is 3.44. The quantitative estimate of drug-likeness (QED) is 0.894. The van der Waals surface area contributed by atoms with Crippen molar-refractivity contribution in [1.29, 1.82) is 0 Å². The summed E-state index contributed by atoms with van der Waals surface area (Å²) in [4.78, 5) is 18.9. The van der Waals surface area contributed by atoms with Crippen molar-refractivity contribution in [1.82, 2.24) is 19.6 Å². The van der Waals surface area contributed by atoms with Gasteiger partial charge in [-0.1, -0.05) is 6.07 Å². The Labute approximate surface area is 124 Å². The minimum Gasteiger partial charge on any atom is -0.315 e. The molecule has 0 saturated carbocycles. The first-order chi connectivity index (χ1) is 9.33. The highest BCUT2D eigenvalue weighted by molar-refractivity contribution is 5.85. The number of pyridine rings is 1. The topological polar surface area (TPSA) is 49.6 Å². The molecule has 20 heavy (non-hydrogen) atoms. The van der Waals surface area contributed by atoms with E-state index in [-0.39, 0.29) is 18.0 Å². The maximum Gasteiger partial charge on any atom is 0.258 e. The summed E-state index contributed by atoms with van der Waals surface area (Å²) >= 11 is 0. The van der Waals surface area contributed by atoms with Gasteiger partial charge in [0.05, 0.1) is 5.69 Å². The van der Waals surface area contributed by atoms with Crippen LogP contribution in [0.5, 0.6) is 0 Å². The first-order valence-electron chi connectivity index (χ1n) is 6.73. The Morgan fingerprint density at radius 3 is 3.05 bits per heavy atom. The van der Waals surface area contributed by atoms with Crippen LogP contribution in [0.15, 0.2) is 35.3 Å². The molecule has 0 bridgehead atoms. The standard InChI is InChI=1S/C14H18N4O.ClH/c19-14-10-12(11-17-7-3-5-15-6-9-17)16-13-4-1-2-8-18(13)14;/h1-2,4,8,10,15H,3,5-7,9,11H2;1H. The molecule has 0 radical (unpaired) electrons.